The lowest BCUT2D eigenvalue weighted by atomic mass is 10.1. The minimum atomic E-state index is -0.249. The average molecular weight is 323 g/mol. The van der Waals surface area contributed by atoms with Crippen molar-refractivity contribution >= 4 is 30.7 Å². The van der Waals surface area contributed by atoms with Crippen molar-refractivity contribution in [1.82, 2.24) is 20.4 Å². The number of piperidine rings is 1. The van der Waals surface area contributed by atoms with E-state index in [0.29, 0.717) is 0 Å². The summed E-state index contributed by atoms with van der Waals surface area (Å²) in [5.74, 6) is 0.0508. The second-order valence-corrected chi connectivity index (χ2v) is 5.10. The van der Waals surface area contributed by atoms with Crippen LogP contribution >= 0.6 is 24.8 Å². The number of amides is 1. The van der Waals surface area contributed by atoms with Crippen molar-refractivity contribution < 1.29 is 4.79 Å². The molecule has 5 nitrogen and oxygen atoms in total. The van der Waals surface area contributed by atoms with Gasteiger partial charge in [-0.1, -0.05) is 0 Å². The van der Waals surface area contributed by atoms with Crippen LogP contribution in [0.25, 0.3) is 0 Å². The lowest BCUT2D eigenvalue weighted by Crippen LogP contribution is -2.47. The van der Waals surface area contributed by atoms with E-state index in [0.717, 1.165) is 37.3 Å². The third-order valence-electron chi connectivity index (χ3n) is 3.43. The van der Waals surface area contributed by atoms with Crippen LogP contribution in [0, 0.1) is 13.8 Å². The van der Waals surface area contributed by atoms with Crippen LogP contribution in [0.5, 0.6) is 0 Å². The van der Waals surface area contributed by atoms with E-state index in [4.69, 9.17) is 0 Å². The van der Waals surface area contributed by atoms with Gasteiger partial charge in [0.15, 0.2) is 0 Å². The van der Waals surface area contributed by atoms with Crippen molar-refractivity contribution in [3.8, 4) is 0 Å². The zero-order valence-electron chi connectivity index (χ0n) is 12.2. The predicted molar refractivity (Wildman–Crippen MR) is 84.9 cm³/mol. The second kappa shape index (κ2) is 8.49. The van der Waals surface area contributed by atoms with Crippen LogP contribution < -0.4 is 10.6 Å². The number of hydrogen-bond donors (Lipinski definition) is 2. The van der Waals surface area contributed by atoms with E-state index >= 15 is 0 Å². The molecule has 1 aliphatic heterocycles. The molecule has 2 rings (SSSR count). The molecular weight excluding hydrogens is 299 g/mol. The topological polar surface area (TPSA) is 59.0 Å². The van der Waals surface area contributed by atoms with Crippen LogP contribution in [0.3, 0.4) is 0 Å². The monoisotopic (exact) mass is 322 g/mol. The van der Waals surface area contributed by atoms with E-state index in [9.17, 15) is 4.79 Å². The number of nitrogens with one attached hydrogen (secondary N) is 2. The number of nitrogens with zero attached hydrogens (tertiary/aromatic N) is 2. The first-order valence-electron chi connectivity index (χ1n) is 6.62. The van der Waals surface area contributed by atoms with Crippen molar-refractivity contribution in [3.63, 3.8) is 0 Å². The first kappa shape index (κ1) is 19.2. The van der Waals surface area contributed by atoms with Gasteiger partial charge in [0, 0.05) is 18.3 Å². The van der Waals surface area contributed by atoms with E-state index in [-0.39, 0.29) is 42.8 Å². The van der Waals surface area contributed by atoms with Gasteiger partial charge in [-0.05, 0) is 46.2 Å². The highest BCUT2D eigenvalue weighted by Crippen LogP contribution is 2.12. The lowest BCUT2D eigenvalue weighted by molar-refractivity contribution is -0.125. The first-order chi connectivity index (χ1) is 8.58. The van der Waals surface area contributed by atoms with Crippen molar-refractivity contribution in [1.29, 1.82) is 0 Å². The summed E-state index contributed by atoms with van der Waals surface area (Å²) in [4.78, 5) is 12.2. The van der Waals surface area contributed by atoms with Gasteiger partial charge in [-0.3, -0.25) is 9.48 Å². The van der Waals surface area contributed by atoms with Crippen molar-refractivity contribution in [2.45, 2.75) is 45.7 Å². The number of hydrogen-bond acceptors (Lipinski definition) is 3. The van der Waals surface area contributed by atoms with Gasteiger partial charge in [0.05, 0.1) is 5.69 Å². The van der Waals surface area contributed by atoms with Crippen LogP contribution in [0.2, 0.25) is 0 Å². The first-order valence-corrected chi connectivity index (χ1v) is 6.62. The highest BCUT2D eigenvalue weighted by Gasteiger charge is 2.21. The standard InChI is InChI=1S/C13H22N4O.2ClH/c1-9-7-10(2)17(16-9)11(3)13(18)15-12-5-4-6-14-8-12;;/h7,11-12,14H,4-6,8H2,1-3H3,(H,15,18);2*1H/t11?,12-;;/m0../s1. The maximum Gasteiger partial charge on any atom is 0.244 e. The third-order valence-corrected chi connectivity index (χ3v) is 3.43. The van der Waals surface area contributed by atoms with Gasteiger partial charge in [0.1, 0.15) is 6.04 Å². The number of halogens is 2. The molecule has 2 N–H and O–H groups in total. The summed E-state index contributed by atoms with van der Waals surface area (Å²) in [6.45, 7) is 7.74. The Bertz CT molecular complexity index is 430. The van der Waals surface area contributed by atoms with E-state index in [1.807, 2.05) is 26.8 Å². The van der Waals surface area contributed by atoms with Crippen LogP contribution in [0.1, 0.15) is 37.2 Å². The van der Waals surface area contributed by atoms with Crippen LogP contribution in [-0.4, -0.2) is 34.8 Å². The van der Waals surface area contributed by atoms with Crippen LogP contribution in [0.4, 0.5) is 0 Å². The number of aromatic nitrogens is 2. The molecule has 1 amide bonds. The number of rotatable bonds is 3. The van der Waals surface area contributed by atoms with Gasteiger partial charge in [-0.25, -0.2) is 0 Å². The average Bonchev–Trinajstić information content (AvgIpc) is 2.68. The van der Waals surface area contributed by atoms with Gasteiger partial charge in [-0.15, -0.1) is 24.8 Å². The molecule has 7 heteroatoms. The number of carbonyl (C=O) groups is 1. The summed E-state index contributed by atoms with van der Waals surface area (Å²) in [7, 11) is 0. The molecule has 20 heavy (non-hydrogen) atoms. The quantitative estimate of drug-likeness (QED) is 0.891. The molecule has 0 aliphatic carbocycles. The third kappa shape index (κ3) is 4.65. The number of aryl methyl sites for hydroxylation is 2. The number of carbonyl (C=O) groups excluding carboxylic acids is 1. The van der Waals surface area contributed by atoms with Gasteiger partial charge in [0.25, 0.3) is 0 Å². The largest absolute Gasteiger partial charge is 0.350 e. The summed E-state index contributed by atoms with van der Waals surface area (Å²) in [5, 5.41) is 10.8. The fourth-order valence-electron chi connectivity index (χ4n) is 2.45. The molecule has 2 heterocycles. The fraction of sp³-hybridized carbons (Fsp3) is 0.692. The summed E-state index contributed by atoms with van der Waals surface area (Å²) >= 11 is 0. The smallest absolute Gasteiger partial charge is 0.244 e. The lowest BCUT2D eigenvalue weighted by Gasteiger charge is -2.25. The van der Waals surface area contributed by atoms with E-state index in [2.05, 4.69) is 15.7 Å². The molecule has 1 aromatic heterocycles. The minimum absolute atomic E-state index is 0. The molecule has 0 saturated carbocycles. The van der Waals surface area contributed by atoms with Gasteiger partial charge in [-0.2, -0.15) is 5.10 Å². The molecule has 0 spiro atoms. The molecule has 0 radical (unpaired) electrons. The van der Waals surface area contributed by atoms with Crippen LogP contribution in [0.15, 0.2) is 6.07 Å². The Morgan fingerprint density at radius 1 is 1.50 bits per heavy atom. The van der Waals surface area contributed by atoms with E-state index in [1.54, 1.807) is 4.68 Å². The highest BCUT2D eigenvalue weighted by molar-refractivity contribution is 5.85. The van der Waals surface area contributed by atoms with Gasteiger partial charge < -0.3 is 10.6 Å². The van der Waals surface area contributed by atoms with Crippen LogP contribution in [-0.2, 0) is 4.79 Å². The van der Waals surface area contributed by atoms with E-state index in [1.165, 1.54) is 0 Å². The molecule has 116 valence electrons. The fourth-order valence-corrected chi connectivity index (χ4v) is 2.45. The molecule has 1 fully saturated rings. The summed E-state index contributed by atoms with van der Waals surface area (Å²) in [5.41, 5.74) is 1.98. The Morgan fingerprint density at radius 3 is 2.70 bits per heavy atom. The molecule has 2 atom stereocenters. The van der Waals surface area contributed by atoms with Gasteiger partial charge >= 0.3 is 0 Å². The Balaban J connectivity index is 0.00000180. The summed E-state index contributed by atoms with van der Waals surface area (Å²) < 4.78 is 1.79. The Hall–Kier alpha value is -0.780. The molecule has 1 unspecified atom stereocenters. The Labute approximate surface area is 132 Å². The van der Waals surface area contributed by atoms with Crippen molar-refractivity contribution in [3.05, 3.63) is 17.5 Å². The normalized spacial score (nSPS) is 19.4. The molecule has 1 saturated heterocycles. The predicted octanol–water partition coefficient (Wildman–Crippen LogP) is 1.77. The molecular formula is C13H24Cl2N4O. The van der Waals surface area contributed by atoms with Gasteiger partial charge in [0.2, 0.25) is 5.91 Å². The Kier molecular flexibility index (Phi) is 8.16. The van der Waals surface area contributed by atoms with Crippen molar-refractivity contribution in [2.24, 2.45) is 0 Å². The highest BCUT2D eigenvalue weighted by atomic mass is 35.5. The zero-order chi connectivity index (χ0) is 13.1. The Morgan fingerprint density at radius 2 is 2.20 bits per heavy atom. The zero-order valence-corrected chi connectivity index (χ0v) is 13.8. The summed E-state index contributed by atoms with van der Waals surface area (Å²) in [6, 6.07) is 2.00. The molecule has 1 aromatic rings. The second-order valence-electron chi connectivity index (χ2n) is 5.10. The molecule has 0 aromatic carbocycles. The van der Waals surface area contributed by atoms with E-state index < -0.39 is 0 Å². The maximum absolute atomic E-state index is 12.2. The maximum atomic E-state index is 12.2. The SMILES string of the molecule is Cc1cc(C)n(C(C)C(=O)N[C@H]2CCCNC2)n1.Cl.Cl. The molecule has 1 aliphatic rings. The van der Waals surface area contributed by atoms with Crippen molar-refractivity contribution in [2.75, 3.05) is 13.1 Å². The summed E-state index contributed by atoms with van der Waals surface area (Å²) in [6.07, 6.45) is 2.18. The minimum Gasteiger partial charge on any atom is -0.350 e. The molecule has 0 bridgehead atoms.